The zero-order valence-corrected chi connectivity index (χ0v) is 14.1. The van der Waals surface area contributed by atoms with E-state index in [1.54, 1.807) is 0 Å². The normalized spacial score (nSPS) is 18.9. The van der Waals surface area contributed by atoms with Crippen LogP contribution in [-0.2, 0) is 0 Å². The Labute approximate surface area is 134 Å². The lowest BCUT2D eigenvalue weighted by Crippen LogP contribution is -2.25. The number of nitrogens with one attached hydrogen (secondary N) is 1. The first-order chi connectivity index (χ1) is 10.2. The van der Waals surface area contributed by atoms with Crippen molar-refractivity contribution in [1.82, 2.24) is 14.8 Å². The Morgan fingerprint density at radius 3 is 3.05 bits per heavy atom. The Morgan fingerprint density at radius 2 is 2.33 bits per heavy atom. The molecule has 21 heavy (non-hydrogen) atoms. The molecule has 0 radical (unpaired) electrons. The lowest BCUT2D eigenvalue weighted by Gasteiger charge is -2.25. The summed E-state index contributed by atoms with van der Waals surface area (Å²) in [6.45, 7) is 5.42. The van der Waals surface area contributed by atoms with Gasteiger partial charge < -0.3 is 5.32 Å². The van der Waals surface area contributed by atoms with Gasteiger partial charge in [0.15, 0.2) is 0 Å². The molecule has 1 N–H and O–H groups in total. The molecule has 0 bridgehead atoms. The van der Waals surface area contributed by atoms with Gasteiger partial charge in [-0.2, -0.15) is 5.10 Å². The number of fused-ring (bicyclic) bond motifs is 1. The van der Waals surface area contributed by atoms with Gasteiger partial charge in [0.1, 0.15) is 5.82 Å². The van der Waals surface area contributed by atoms with E-state index in [1.165, 1.54) is 6.42 Å². The van der Waals surface area contributed by atoms with E-state index in [-0.39, 0.29) is 6.04 Å². The molecule has 0 saturated carbocycles. The Hall–Kier alpha value is -1.36. The third-order valence-electron chi connectivity index (χ3n) is 4.10. The minimum absolute atomic E-state index is 0.223. The van der Waals surface area contributed by atoms with Crippen molar-refractivity contribution < 1.29 is 0 Å². The van der Waals surface area contributed by atoms with Crippen molar-refractivity contribution in [2.45, 2.75) is 45.1 Å². The minimum atomic E-state index is 0.223. The summed E-state index contributed by atoms with van der Waals surface area (Å²) in [5.41, 5.74) is 2.24. The van der Waals surface area contributed by atoms with Crippen LogP contribution in [0.1, 0.15) is 56.5 Å². The quantitative estimate of drug-likeness (QED) is 0.892. The summed E-state index contributed by atoms with van der Waals surface area (Å²) < 4.78 is 3.22. The third kappa shape index (κ3) is 2.71. The van der Waals surface area contributed by atoms with Gasteiger partial charge in [-0.25, -0.2) is 4.68 Å². The fourth-order valence-electron chi connectivity index (χ4n) is 3.00. The van der Waals surface area contributed by atoms with Crippen molar-refractivity contribution in [3.05, 3.63) is 40.3 Å². The fourth-order valence-corrected chi connectivity index (χ4v) is 3.79. The topological polar surface area (TPSA) is 42.7 Å². The second-order valence-corrected chi connectivity index (χ2v) is 6.46. The van der Waals surface area contributed by atoms with Crippen LogP contribution in [0.5, 0.6) is 0 Å². The number of pyridine rings is 1. The van der Waals surface area contributed by atoms with Crippen LogP contribution in [-0.4, -0.2) is 21.3 Å². The molecule has 3 heterocycles. The van der Waals surface area contributed by atoms with E-state index in [2.05, 4.69) is 50.8 Å². The van der Waals surface area contributed by atoms with Crippen LogP contribution in [0, 0.1) is 0 Å². The Morgan fingerprint density at radius 1 is 1.48 bits per heavy atom. The SMILES string of the molecule is CCCC(C)c1nn2c(c1Br)NCCC2c1ccccn1. The fraction of sp³-hybridized carbons (Fsp3) is 0.500. The van der Waals surface area contributed by atoms with Gasteiger partial charge in [-0.05, 0) is 40.9 Å². The summed E-state index contributed by atoms with van der Waals surface area (Å²) in [4.78, 5) is 4.52. The molecule has 2 aromatic rings. The lowest BCUT2D eigenvalue weighted by molar-refractivity contribution is 0.463. The van der Waals surface area contributed by atoms with Crippen LogP contribution < -0.4 is 5.32 Å². The summed E-state index contributed by atoms with van der Waals surface area (Å²) >= 11 is 3.74. The molecule has 4 nitrogen and oxygen atoms in total. The second kappa shape index (κ2) is 6.18. The molecule has 2 unspecified atom stereocenters. The number of halogens is 1. The molecule has 0 aliphatic carbocycles. The molecule has 5 heteroatoms. The summed E-state index contributed by atoms with van der Waals surface area (Å²) in [5, 5.41) is 8.37. The number of hydrogen-bond acceptors (Lipinski definition) is 3. The monoisotopic (exact) mass is 348 g/mol. The molecule has 1 aliphatic rings. The first-order valence-corrected chi connectivity index (χ1v) is 8.44. The average Bonchev–Trinajstić information content (AvgIpc) is 2.86. The molecule has 2 atom stereocenters. The van der Waals surface area contributed by atoms with Gasteiger partial charge >= 0.3 is 0 Å². The van der Waals surface area contributed by atoms with Crippen molar-refractivity contribution in [1.29, 1.82) is 0 Å². The van der Waals surface area contributed by atoms with E-state index in [9.17, 15) is 0 Å². The maximum atomic E-state index is 4.89. The number of aromatic nitrogens is 3. The summed E-state index contributed by atoms with van der Waals surface area (Å²) in [7, 11) is 0. The number of nitrogens with zero attached hydrogens (tertiary/aromatic N) is 3. The molecule has 0 aromatic carbocycles. The third-order valence-corrected chi connectivity index (χ3v) is 4.88. The molecule has 1 aliphatic heterocycles. The van der Waals surface area contributed by atoms with Crippen molar-refractivity contribution in [2.75, 3.05) is 11.9 Å². The largest absolute Gasteiger partial charge is 0.369 e. The van der Waals surface area contributed by atoms with E-state index in [4.69, 9.17) is 5.10 Å². The van der Waals surface area contributed by atoms with Crippen LogP contribution in [0.15, 0.2) is 28.9 Å². The minimum Gasteiger partial charge on any atom is -0.369 e. The number of anilines is 1. The lowest BCUT2D eigenvalue weighted by atomic mass is 10.0. The van der Waals surface area contributed by atoms with Gasteiger partial charge in [0.2, 0.25) is 0 Å². The zero-order chi connectivity index (χ0) is 14.8. The average molecular weight is 349 g/mol. The Bertz CT molecular complexity index is 608. The standard InChI is InChI=1S/C16H21BrN4/c1-3-6-11(2)15-14(17)16-19-10-8-13(21(16)20-15)12-7-4-5-9-18-12/h4-5,7,9,11,13,19H,3,6,8,10H2,1-2H3. The molecule has 0 spiro atoms. The molecule has 0 amide bonds. The number of hydrogen-bond donors (Lipinski definition) is 1. The van der Waals surface area contributed by atoms with E-state index in [0.717, 1.165) is 41.1 Å². The van der Waals surface area contributed by atoms with E-state index < -0.39 is 0 Å². The summed E-state index contributed by atoms with van der Waals surface area (Å²) in [6.07, 6.45) is 5.20. The van der Waals surface area contributed by atoms with E-state index in [1.807, 2.05) is 18.3 Å². The van der Waals surface area contributed by atoms with E-state index in [0.29, 0.717) is 5.92 Å². The second-order valence-electron chi connectivity index (χ2n) is 5.67. The van der Waals surface area contributed by atoms with Gasteiger partial charge in [0.05, 0.1) is 21.9 Å². The molecule has 112 valence electrons. The highest BCUT2D eigenvalue weighted by atomic mass is 79.9. The molecular weight excluding hydrogens is 328 g/mol. The maximum absolute atomic E-state index is 4.89. The van der Waals surface area contributed by atoms with Gasteiger partial charge in [0, 0.05) is 18.7 Å². The van der Waals surface area contributed by atoms with Crippen molar-refractivity contribution in [3.63, 3.8) is 0 Å². The molecule has 2 aromatic heterocycles. The predicted octanol–water partition coefficient (Wildman–Crippen LogP) is 4.35. The van der Waals surface area contributed by atoms with Crippen molar-refractivity contribution in [2.24, 2.45) is 0 Å². The van der Waals surface area contributed by atoms with E-state index >= 15 is 0 Å². The highest BCUT2D eigenvalue weighted by Gasteiger charge is 2.28. The van der Waals surface area contributed by atoms with Crippen molar-refractivity contribution in [3.8, 4) is 0 Å². The Balaban J connectivity index is 2.00. The van der Waals surface area contributed by atoms with Crippen LogP contribution >= 0.6 is 15.9 Å². The van der Waals surface area contributed by atoms with Crippen LogP contribution in [0.2, 0.25) is 0 Å². The van der Waals surface area contributed by atoms with Gasteiger partial charge in [-0.15, -0.1) is 0 Å². The molecule has 3 rings (SSSR count). The smallest absolute Gasteiger partial charge is 0.139 e. The summed E-state index contributed by atoms with van der Waals surface area (Å²) in [5.74, 6) is 1.56. The highest BCUT2D eigenvalue weighted by Crippen LogP contribution is 2.38. The molecule has 0 fully saturated rings. The number of rotatable bonds is 4. The Kier molecular flexibility index (Phi) is 4.29. The van der Waals surface area contributed by atoms with Gasteiger partial charge in [0.25, 0.3) is 0 Å². The first-order valence-electron chi connectivity index (χ1n) is 7.65. The molecule has 0 saturated heterocycles. The highest BCUT2D eigenvalue weighted by molar-refractivity contribution is 9.10. The van der Waals surface area contributed by atoms with Crippen LogP contribution in [0.4, 0.5) is 5.82 Å². The van der Waals surface area contributed by atoms with Crippen LogP contribution in [0.3, 0.4) is 0 Å². The van der Waals surface area contributed by atoms with Gasteiger partial charge in [-0.3, -0.25) is 4.98 Å². The van der Waals surface area contributed by atoms with Crippen LogP contribution in [0.25, 0.3) is 0 Å². The zero-order valence-electron chi connectivity index (χ0n) is 12.5. The summed E-state index contributed by atoms with van der Waals surface area (Å²) in [6, 6.07) is 6.31. The van der Waals surface area contributed by atoms with Crippen molar-refractivity contribution >= 4 is 21.7 Å². The molecular formula is C16H21BrN4. The van der Waals surface area contributed by atoms with Gasteiger partial charge in [-0.1, -0.05) is 26.3 Å². The predicted molar refractivity (Wildman–Crippen MR) is 88.7 cm³/mol. The first kappa shape index (κ1) is 14.6. The maximum Gasteiger partial charge on any atom is 0.139 e.